The summed E-state index contributed by atoms with van der Waals surface area (Å²) in [6.07, 6.45) is -3.70. The minimum absolute atomic E-state index is 0.0447. The molecule has 0 radical (unpaired) electrons. The number of amides is 1. The number of aryl methyl sites for hydroxylation is 1. The van der Waals surface area contributed by atoms with Crippen molar-refractivity contribution >= 4 is 11.6 Å². The van der Waals surface area contributed by atoms with Crippen LogP contribution in [-0.4, -0.2) is 18.0 Å². The maximum absolute atomic E-state index is 14.9. The van der Waals surface area contributed by atoms with Gasteiger partial charge < -0.3 is 14.8 Å². The number of anilines is 1. The van der Waals surface area contributed by atoms with E-state index in [0.717, 1.165) is 18.2 Å². The molecule has 1 aromatic heterocycles. The summed E-state index contributed by atoms with van der Waals surface area (Å²) in [5.41, 5.74) is -3.79. The van der Waals surface area contributed by atoms with Crippen LogP contribution in [-0.2, 0) is 11.8 Å². The van der Waals surface area contributed by atoms with E-state index in [1.165, 1.54) is 38.4 Å². The first-order valence-corrected chi connectivity index (χ1v) is 10.2. The summed E-state index contributed by atoms with van der Waals surface area (Å²) in [6, 6.07) is 7.79. The van der Waals surface area contributed by atoms with Gasteiger partial charge in [0.1, 0.15) is 23.0 Å². The molecule has 0 saturated heterocycles. The van der Waals surface area contributed by atoms with E-state index in [-0.39, 0.29) is 35.7 Å². The predicted molar refractivity (Wildman–Crippen MR) is 113 cm³/mol. The lowest BCUT2D eigenvalue weighted by molar-refractivity contribution is -0.139. The van der Waals surface area contributed by atoms with Gasteiger partial charge in [0, 0.05) is 23.5 Å². The summed E-state index contributed by atoms with van der Waals surface area (Å²) in [7, 11) is 1.38. The SMILES string of the molecule is COc1cc(NC(=O)c2cc(C3(F)CC3)c(C(F)(F)F)cc2Oc2ccc(F)cc2C)ccn1. The van der Waals surface area contributed by atoms with Crippen molar-refractivity contribution in [1.82, 2.24) is 4.98 Å². The van der Waals surface area contributed by atoms with E-state index < -0.39 is 40.4 Å². The second-order valence-electron chi connectivity index (χ2n) is 7.91. The summed E-state index contributed by atoms with van der Waals surface area (Å²) < 4.78 is 80.5. The van der Waals surface area contributed by atoms with Crippen LogP contribution in [0.15, 0.2) is 48.7 Å². The molecule has 5 nitrogen and oxygen atoms in total. The molecule has 1 N–H and O–H groups in total. The van der Waals surface area contributed by atoms with E-state index in [1.807, 2.05) is 0 Å². The average Bonchev–Trinajstić information content (AvgIpc) is 3.53. The molecule has 0 unspecified atom stereocenters. The second-order valence-corrected chi connectivity index (χ2v) is 7.91. The topological polar surface area (TPSA) is 60.5 Å². The first kappa shape index (κ1) is 23.5. The first-order chi connectivity index (χ1) is 16.0. The zero-order chi connectivity index (χ0) is 24.7. The third-order valence-electron chi connectivity index (χ3n) is 5.40. The molecule has 178 valence electrons. The number of nitrogens with zero attached hydrogens (tertiary/aromatic N) is 1. The molecule has 2 aromatic carbocycles. The van der Waals surface area contributed by atoms with Crippen LogP contribution < -0.4 is 14.8 Å². The Labute approximate surface area is 191 Å². The van der Waals surface area contributed by atoms with Crippen LogP contribution in [0.5, 0.6) is 17.4 Å². The first-order valence-electron chi connectivity index (χ1n) is 10.2. The van der Waals surface area contributed by atoms with Crippen LogP contribution >= 0.6 is 0 Å². The Hall–Kier alpha value is -3.69. The molecule has 10 heteroatoms. The molecule has 0 atom stereocenters. The molecule has 1 aliphatic carbocycles. The Morgan fingerprint density at radius 3 is 2.44 bits per heavy atom. The van der Waals surface area contributed by atoms with Gasteiger partial charge in [-0.3, -0.25) is 4.79 Å². The van der Waals surface area contributed by atoms with Gasteiger partial charge in [0.25, 0.3) is 5.91 Å². The van der Waals surface area contributed by atoms with Gasteiger partial charge in [-0.15, -0.1) is 0 Å². The Morgan fingerprint density at radius 1 is 1.09 bits per heavy atom. The average molecular weight is 478 g/mol. The van der Waals surface area contributed by atoms with Crippen LogP contribution in [0.3, 0.4) is 0 Å². The second kappa shape index (κ2) is 8.58. The van der Waals surface area contributed by atoms with E-state index in [2.05, 4.69) is 10.3 Å². The molecule has 0 spiro atoms. The summed E-state index contributed by atoms with van der Waals surface area (Å²) in [5, 5.41) is 2.54. The monoisotopic (exact) mass is 478 g/mol. The van der Waals surface area contributed by atoms with Crippen molar-refractivity contribution in [1.29, 1.82) is 0 Å². The van der Waals surface area contributed by atoms with Gasteiger partial charge >= 0.3 is 6.18 Å². The van der Waals surface area contributed by atoms with E-state index in [9.17, 15) is 26.7 Å². The standard InChI is InChI=1S/C24H19F5N2O3/c1-13-9-14(25)3-4-19(13)34-20-12-18(24(27,28)29)17(23(26)6-7-23)11-16(20)22(32)31-15-5-8-30-21(10-15)33-2/h3-5,8-12H,6-7H2,1-2H3,(H,30,31,32). The number of carbonyl (C=O) groups is 1. The Bertz CT molecular complexity index is 1260. The van der Waals surface area contributed by atoms with Crippen LogP contribution in [0.1, 0.15) is 39.9 Å². The molecule has 1 heterocycles. The number of carbonyl (C=O) groups excluding carboxylic acids is 1. The molecule has 3 aromatic rings. The number of pyridine rings is 1. The van der Waals surface area contributed by atoms with Crippen molar-refractivity contribution in [2.75, 3.05) is 12.4 Å². The number of rotatable bonds is 6. The number of aromatic nitrogens is 1. The lowest BCUT2D eigenvalue weighted by Gasteiger charge is -2.20. The lowest BCUT2D eigenvalue weighted by Crippen LogP contribution is -2.19. The van der Waals surface area contributed by atoms with Gasteiger partial charge in [-0.1, -0.05) is 0 Å². The van der Waals surface area contributed by atoms with Crippen LogP contribution in [0.25, 0.3) is 0 Å². The van der Waals surface area contributed by atoms with Crippen molar-refractivity contribution in [2.24, 2.45) is 0 Å². The van der Waals surface area contributed by atoms with Gasteiger partial charge in [-0.25, -0.2) is 13.8 Å². The largest absolute Gasteiger partial charge is 0.481 e. The quantitative estimate of drug-likeness (QED) is 0.408. The highest BCUT2D eigenvalue weighted by atomic mass is 19.4. The van der Waals surface area contributed by atoms with E-state index >= 15 is 0 Å². The van der Waals surface area contributed by atoms with Crippen molar-refractivity contribution in [3.05, 3.63) is 76.7 Å². The van der Waals surface area contributed by atoms with Crippen molar-refractivity contribution in [3.8, 4) is 17.4 Å². The van der Waals surface area contributed by atoms with Crippen molar-refractivity contribution < 1.29 is 36.2 Å². The zero-order valence-electron chi connectivity index (χ0n) is 18.1. The van der Waals surface area contributed by atoms with Crippen molar-refractivity contribution in [3.63, 3.8) is 0 Å². The Balaban J connectivity index is 1.82. The Kier molecular flexibility index (Phi) is 5.93. The minimum Gasteiger partial charge on any atom is -0.481 e. The molecule has 0 bridgehead atoms. The molecule has 1 saturated carbocycles. The maximum Gasteiger partial charge on any atom is 0.416 e. The van der Waals surface area contributed by atoms with E-state index in [1.54, 1.807) is 0 Å². The van der Waals surface area contributed by atoms with E-state index in [0.29, 0.717) is 11.6 Å². The van der Waals surface area contributed by atoms with Gasteiger partial charge in [0.05, 0.1) is 18.2 Å². The lowest BCUT2D eigenvalue weighted by atomic mass is 9.96. The predicted octanol–water partition coefficient (Wildman–Crippen LogP) is 6.56. The third kappa shape index (κ3) is 4.80. The maximum atomic E-state index is 14.9. The molecule has 4 rings (SSSR count). The van der Waals surface area contributed by atoms with E-state index in [4.69, 9.17) is 9.47 Å². The van der Waals surface area contributed by atoms with Gasteiger partial charge in [0.2, 0.25) is 5.88 Å². The zero-order valence-corrected chi connectivity index (χ0v) is 18.1. The number of nitrogens with one attached hydrogen (secondary N) is 1. The molecule has 34 heavy (non-hydrogen) atoms. The summed E-state index contributed by atoms with van der Waals surface area (Å²) >= 11 is 0. The fourth-order valence-electron chi connectivity index (χ4n) is 3.47. The number of hydrogen-bond acceptors (Lipinski definition) is 4. The number of alkyl halides is 4. The highest BCUT2D eigenvalue weighted by Crippen LogP contribution is 2.54. The normalized spacial score (nSPS) is 14.4. The molecule has 1 amide bonds. The van der Waals surface area contributed by atoms with Crippen LogP contribution in [0.2, 0.25) is 0 Å². The minimum atomic E-state index is -4.89. The van der Waals surface area contributed by atoms with Crippen LogP contribution in [0, 0.1) is 12.7 Å². The summed E-state index contributed by atoms with van der Waals surface area (Å²) in [4.78, 5) is 17.0. The third-order valence-corrected chi connectivity index (χ3v) is 5.40. The summed E-state index contributed by atoms with van der Waals surface area (Å²) in [6.45, 7) is 1.50. The highest BCUT2D eigenvalue weighted by Gasteiger charge is 2.51. The van der Waals surface area contributed by atoms with Gasteiger partial charge in [-0.2, -0.15) is 13.2 Å². The number of methoxy groups -OCH3 is 1. The fraction of sp³-hybridized carbons (Fsp3) is 0.250. The fourth-order valence-corrected chi connectivity index (χ4v) is 3.47. The Morgan fingerprint density at radius 2 is 1.82 bits per heavy atom. The molecular formula is C24H19F5N2O3. The number of ether oxygens (including phenoxy) is 2. The van der Waals surface area contributed by atoms with Gasteiger partial charge in [-0.05, 0) is 61.7 Å². The van der Waals surface area contributed by atoms with Crippen molar-refractivity contribution in [2.45, 2.75) is 31.6 Å². The number of halogens is 5. The highest BCUT2D eigenvalue weighted by molar-refractivity contribution is 6.06. The molecule has 0 aliphatic heterocycles. The molecular weight excluding hydrogens is 459 g/mol. The molecule has 1 aliphatic rings. The molecule has 1 fully saturated rings. The number of hydrogen-bond donors (Lipinski definition) is 1. The van der Waals surface area contributed by atoms with Crippen LogP contribution in [0.4, 0.5) is 27.6 Å². The summed E-state index contributed by atoms with van der Waals surface area (Å²) in [5.74, 6) is -1.60. The smallest absolute Gasteiger partial charge is 0.416 e. The van der Waals surface area contributed by atoms with Gasteiger partial charge in [0.15, 0.2) is 0 Å². The number of benzene rings is 2.